The molecule has 7 nitrogen and oxygen atoms in total. The predicted molar refractivity (Wildman–Crippen MR) is 97.9 cm³/mol. The Bertz CT molecular complexity index is 628. The van der Waals surface area contributed by atoms with Crippen LogP contribution in [0.2, 0.25) is 0 Å². The Kier molecular flexibility index (Phi) is 6.24. The molecule has 0 aromatic heterocycles. The molecule has 1 aromatic carbocycles. The van der Waals surface area contributed by atoms with Crippen LogP contribution in [0.5, 0.6) is 0 Å². The van der Waals surface area contributed by atoms with Gasteiger partial charge in [0, 0.05) is 44.8 Å². The molecule has 2 heterocycles. The molecule has 2 N–H and O–H groups in total. The molecule has 2 aliphatic heterocycles. The topological polar surface area (TPSA) is 82.1 Å². The summed E-state index contributed by atoms with van der Waals surface area (Å²) in [5.74, 6) is -0.587. The van der Waals surface area contributed by atoms with Gasteiger partial charge >= 0.3 is 0 Å². The molecular weight excluding hydrogens is 334 g/mol. The van der Waals surface area contributed by atoms with Crippen molar-refractivity contribution in [3.05, 3.63) is 29.8 Å². The van der Waals surface area contributed by atoms with Crippen molar-refractivity contribution in [2.75, 3.05) is 50.8 Å². The van der Waals surface area contributed by atoms with Crippen molar-refractivity contribution >= 4 is 17.5 Å². The molecule has 3 rings (SSSR count). The van der Waals surface area contributed by atoms with Crippen LogP contribution in [0, 0.1) is 12.8 Å². The number of β-amino-alcohol motifs (C(OH)–C–C–N with tert-alkyl or cyclic N) is 1. The third kappa shape index (κ3) is 4.81. The van der Waals surface area contributed by atoms with E-state index in [0.717, 1.165) is 24.3 Å². The molecule has 0 unspecified atom stereocenters. The smallest absolute Gasteiger partial charge is 0.227 e. The summed E-state index contributed by atoms with van der Waals surface area (Å²) >= 11 is 0. The van der Waals surface area contributed by atoms with Gasteiger partial charge in [0.05, 0.1) is 25.2 Å². The Balaban J connectivity index is 1.46. The van der Waals surface area contributed by atoms with E-state index < -0.39 is 6.10 Å². The Labute approximate surface area is 153 Å². The summed E-state index contributed by atoms with van der Waals surface area (Å²) in [7, 11) is 0. The number of benzene rings is 1. The molecule has 0 saturated carbocycles. The van der Waals surface area contributed by atoms with Crippen molar-refractivity contribution < 1.29 is 19.4 Å². The van der Waals surface area contributed by atoms with Crippen molar-refractivity contribution in [2.45, 2.75) is 19.4 Å². The summed E-state index contributed by atoms with van der Waals surface area (Å²) < 4.78 is 5.28. The lowest BCUT2D eigenvalue weighted by Crippen LogP contribution is -2.45. The average Bonchev–Trinajstić information content (AvgIpc) is 3.03. The molecule has 26 heavy (non-hydrogen) atoms. The van der Waals surface area contributed by atoms with Crippen LogP contribution in [-0.4, -0.2) is 73.9 Å². The monoisotopic (exact) mass is 361 g/mol. The first kappa shape index (κ1) is 18.8. The molecule has 2 fully saturated rings. The maximum absolute atomic E-state index is 12.4. The highest BCUT2D eigenvalue weighted by molar-refractivity contribution is 6.00. The van der Waals surface area contributed by atoms with Crippen LogP contribution in [0.25, 0.3) is 0 Å². The van der Waals surface area contributed by atoms with E-state index in [0.29, 0.717) is 26.3 Å². The number of rotatable bonds is 6. The zero-order valence-corrected chi connectivity index (χ0v) is 15.2. The van der Waals surface area contributed by atoms with E-state index in [-0.39, 0.29) is 30.7 Å². The molecule has 0 spiro atoms. The Hall–Kier alpha value is -1.96. The fraction of sp³-hybridized carbons (Fsp3) is 0.579. The second-order valence-electron chi connectivity index (χ2n) is 7.05. The van der Waals surface area contributed by atoms with E-state index in [1.807, 2.05) is 31.2 Å². The van der Waals surface area contributed by atoms with Crippen LogP contribution < -0.4 is 10.2 Å². The Morgan fingerprint density at radius 1 is 1.31 bits per heavy atom. The van der Waals surface area contributed by atoms with Gasteiger partial charge in [-0.25, -0.2) is 0 Å². The number of nitrogens with one attached hydrogen (secondary N) is 1. The zero-order valence-electron chi connectivity index (χ0n) is 15.2. The van der Waals surface area contributed by atoms with Crippen LogP contribution in [0.3, 0.4) is 0 Å². The highest BCUT2D eigenvalue weighted by atomic mass is 16.5. The van der Waals surface area contributed by atoms with E-state index >= 15 is 0 Å². The fourth-order valence-corrected chi connectivity index (χ4v) is 3.37. The fourth-order valence-electron chi connectivity index (χ4n) is 3.37. The van der Waals surface area contributed by atoms with Crippen LogP contribution in [-0.2, 0) is 14.3 Å². The SMILES string of the molecule is Cc1ccc(N2C[C@@H](C(=O)NC[C@@H](O)CN3CCOCC3)CC2=O)cc1. The first-order valence-electron chi connectivity index (χ1n) is 9.16. The summed E-state index contributed by atoms with van der Waals surface area (Å²) in [5.41, 5.74) is 1.95. The van der Waals surface area contributed by atoms with Gasteiger partial charge in [-0.2, -0.15) is 0 Å². The molecule has 2 saturated heterocycles. The van der Waals surface area contributed by atoms with Gasteiger partial charge in [-0.05, 0) is 19.1 Å². The third-order valence-electron chi connectivity index (χ3n) is 4.93. The predicted octanol–water partition coefficient (Wildman–Crippen LogP) is 0.157. The van der Waals surface area contributed by atoms with Crippen molar-refractivity contribution in [2.24, 2.45) is 5.92 Å². The molecule has 0 aliphatic carbocycles. The van der Waals surface area contributed by atoms with E-state index in [1.165, 1.54) is 0 Å². The number of anilines is 1. The first-order valence-corrected chi connectivity index (χ1v) is 9.16. The summed E-state index contributed by atoms with van der Waals surface area (Å²) in [6, 6.07) is 7.72. The lowest BCUT2D eigenvalue weighted by Gasteiger charge is -2.28. The second-order valence-corrected chi connectivity index (χ2v) is 7.05. The number of morpholine rings is 1. The first-order chi connectivity index (χ1) is 12.5. The molecule has 2 aliphatic rings. The molecular formula is C19H27N3O4. The van der Waals surface area contributed by atoms with E-state index in [4.69, 9.17) is 4.74 Å². The van der Waals surface area contributed by atoms with Crippen LogP contribution in [0.15, 0.2) is 24.3 Å². The van der Waals surface area contributed by atoms with Crippen LogP contribution in [0.4, 0.5) is 5.69 Å². The van der Waals surface area contributed by atoms with Gasteiger partial charge < -0.3 is 20.1 Å². The van der Waals surface area contributed by atoms with Crippen LogP contribution in [0.1, 0.15) is 12.0 Å². The van der Waals surface area contributed by atoms with Crippen molar-refractivity contribution in [1.29, 1.82) is 0 Å². The number of amides is 2. The maximum atomic E-state index is 12.4. The van der Waals surface area contributed by atoms with Gasteiger partial charge in [0.2, 0.25) is 11.8 Å². The highest BCUT2D eigenvalue weighted by Gasteiger charge is 2.35. The third-order valence-corrected chi connectivity index (χ3v) is 4.93. The number of carbonyl (C=O) groups is 2. The largest absolute Gasteiger partial charge is 0.390 e. The molecule has 0 bridgehead atoms. The number of carbonyl (C=O) groups excluding carboxylic acids is 2. The summed E-state index contributed by atoms with van der Waals surface area (Å²) in [5, 5.41) is 12.9. The number of aliphatic hydroxyl groups excluding tert-OH is 1. The number of aliphatic hydroxyl groups is 1. The minimum Gasteiger partial charge on any atom is -0.390 e. The quantitative estimate of drug-likeness (QED) is 0.754. The number of ether oxygens (including phenoxy) is 1. The van der Waals surface area contributed by atoms with Gasteiger partial charge in [-0.3, -0.25) is 14.5 Å². The summed E-state index contributed by atoms with van der Waals surface area (Å²) in [6.07, 6.45) is -0.415. The van der Waals surface area contributed by atoms with E-state index in [1.54, 1.807) is 4.90 Å². The lowest BCUT2D eigenvalue weighted by atomic mass is 10.1. The molecule has 0 radical (unpaired) electrons. The van der Waals surface area contributed by atoms with Crippen molar-refractivity contribution in [1.82, 2.24) is 10.2 Å². The van der Waals surface area contributed by atoms with E-state index in [2.05, 4.69) is 10.2 Å². The highest BCUT2D eigenvalue weighted by Crippen LogP contribution is 2.25. The van der Waals surface area contributed by atoms with E-state index in [9.17, 15) is 14.7 Å². The number of nitrogens with zero attached hydrogens (tertiary/aromatic N) is 2. The summed E-state index contributed by atoms with van der Waals surface area (Å²) in [4.78, 5) is 28.4. The number of hydrogen-bond donors (Lipinski definition) is 2. The Morgan fingerprint density at radius 3 is 2.69 bits per heavy atom. The van der Waals surface area contributed by atoms with Crippen LogP contribution >= 0.6 is 0 Å². The standard InChI is InChI=1S/C19H27N3O4/c1-14-2-4-16(5-3-14)22-12-15(10-18(22)24)19(25)20-11-17(23)13-21-6-8-26-9-7-21/h2-5,15,17,23H,6-13H2,1H3,(H,20,25)/t15-,17+/m0/s1. The van der Waals surface area contributed by atoms with Gasteiger partial charge in [-0.1, -0.05) is 17.7 Å². The van der Waals surface area contributed by atoms with Gasteiger partial charge in [-0.15, -0.1) is 0 Å². The lowest BCUT2D eigenvalue weighted by molar-refractivity contribution is -0.126. The molecule has 2 amide bonds. The minimum absolute atomic E-state index is 0.0390. The Morgan fingerprint density at radius 2 is 2.00 bits per heavy atom. The zero-order chi connectivity index (χ0) is 18.5. The number of aryl methyl sites for hydroxylation is 1. The molecule has 1 aromatic rings. The molecule has 2 atom stereocenters. The number of hydrogen-bond acceptors (Lipinski definition) is 5. The van der Waals surface area contributed by atoms with Gasteiger partial charge in [0.15, 0.2) is 0 Å². The van der Waals surface area contributed by atoms with Crippen molar-refractivity contribution in [3.63, 3.8) is 0 Å². The van der Waals surface area contributed by atoms with Gasteiger partial charge in [0.25, 0.3) is 0 Å². The minimum atomic E-state index is -0.623. The maximum Gasteiger partial charge on any atom is 0.227 e. The normalized spacial score (nSPS) is 22.5. The van der Waals surface area contributed by atoms with Gasteiger partial charge in [0.1, 0.15) is 0 Å². The summed E-state index contributed by atoms with van der Waals surface area (Å²) in [6.45, 7) is 6.05. The molecule has 142 valence electrons. The second kappa shape index (κ2) is 8.62. The van der Waals surface area contributed by atoms with Crippen molar-refractivity contribution in [3.8, 4) is 0 Å². The average molecular weight is 361 g/mol. The molecule has 7 heteroatoms.